The number of carbonyl (C=O) groups is 1. The lowest BCUT2D eigenvalue weighted by Crippen LogP contribution is -2.41. The van der Waals surface area contributed by atoms with Gasteiger partial charge >= 0.3 is 0 Å². The van der Waals surface area contributed by atoms with Gasteiger partial charge in [0.25, 0.3) is 5.91 Å². The summed E-state index contributed by atoms with van der Waals surface area (Å²) in [4.78, 5) is 23.3. The van der Waals surface area contributed by atoms with Crippen molar-refractivity contribution in [3.05, 3.63) is 17.7 Å². The average molecular weight is 294 g/mol. The van der Waals surface area contributed by atoms with Gasteiger partial charge in [-0.15, -0.1) is 0 Å². The van der Waals surface area contributed by atoms with Crippen LogP contribution in [-0.4, -0.2) is 54.1 Å². The first-order valence-corrected chi connectivity index (χ1v) is 7.30. The molecule has 1 N–H and O–H groups in total. The molecule has 0 saturated carbocycles. The van der Waals surface area contributed by atoms with Crippen molar-refractivity contribution in [2.45, 2.75) is 39.7 Å². The quantitative estimate of drug-likeness (QED) is 0.834. The smallest absolute Gasteiger partial charge is 0.275 e. The number of anilines is 1. The van der Waals surface area contributed by atoms with Gasteiger partial charge in [0.2, 0.25) is 0 Å². The van der Waals surface area contributed by atoms with E-state index in [2.05, 4.69) is 15.3 Å². The molecule has 1 amide bonds. The van der Waals surface area contributed by atoms with E-state index in [1.807, 2.05) is 27.7 Å². The highest BCUT2D eigenvalue weighted by molar-refractivity contribution is 5.97. The van der Waals surface area contributed by atoms with Crippen LogP contribution in [-0.2, 0) is 4.74 Å². The third kappa shape index (κ3) is 4.14. The molecular weight excluding hydrogens is 268 g/mol. The molecule has 1 unspecified atom stereocenters. The fourth-order valence-electron chi connectivity index (χ4n) is 2.14. The zero-order chi connectivity index (χ0) is 16.0. The second kappa shape index (κ2) is 7.93. The first-order chi connectivity index (χ1) is 9.96. The molecule has 118 valence electrons. The molecule has 21 heavy (non-hydrogen) atoms. The fourth-order valence-corrected chi connectivity index (χ4v) is 2.14. The van der Waals surface area contributed by atoms with E-state index in [1.54, 1.807) is 25.3 Å². The fraction of sp³-hybridized carbons (Fsp3) is 0.667. The maximum absolute atomic E-state index is 12.8. The van der Waals surface area contributed by atoms with Crippen LogP contribution in [0.15, 0.2) is 6.20 Å². The Morgan fingerprint density at radius 1 is 1.43 bits per heavy atom. The number of amides is 1. The predicted molar refractivity (Wildman–Crippen MR) is 83.7 cm³/mol. The van der Waals surface area contributed by atoms with Gasteiger partial charge in [-0.05, 0) is 13.8 Å². The van der Waals surface area contributed by atoms with Crippen molar-refractivity contribution in [3.8, 4) is 0 Å². The zero-order valence-electron chi connectivity index (χ0n) is 13.8. The van der Waals surface area contributed by atoms with E-state index >= 15 is 0 Å². The summed E-state index contributed by atoms with van der Waals surface area (Å²) < 4.78 is 5.15. The summed E-state index contributed by atoms with van der Waals surface area (Å²) in [5, 5.41) is 2.99. The van der Waals surface area contributed by atoms with Crippen LogP contribution in [0.3, 0.4) is 0 Å². The van der Waals surface area contributed by atoms with E-state index < -0.39 is 0 Å². The number of hydrogen-bond donors (Lipinski definition) is 1. The van der Waals surface area contributed by atoms with Gasteiger partial charge in [-0.25, -0.2) is 9.97 Å². The van der Waals surface area contributed by atoms with Crippen molar-refractivity contribution < 1.29 is 9.53 Å². The first kappa shape index (κ1) is 17.4. The van der Waals surface area contributed by atoms with Crippen LogP contribution in [0.2, 0.25) is 0 Å². The second-order valence-corrected chi connectivity index (χ2v) is 5.29. The number of nitrogens with zero attached hydrogens (tertiary/aromatic N) is 3. The summed E-state index contributed by atoms with van der Waals surface area (Å²) in [5.41, 5.74) is 1.06. The van der Waals surface area contributed by atoms with Gasteiger partial charge in [0.05, 0.1) is 24.5 Å². The summed E-state index contributed by atoms with van der Waals surface area (Å²) in [6.07, 6.45) is 1.67. The Labute approximate surface area is 126 Å². The van der Waals surface area contributed by atoms with E-state index in [4.69, 9.17) is 4.74 Å². The van der Waals surface area contributed by atoms with E-state index in [0.29, 0.717) is 30.4 Å². The minimum atomic E-state index is -0.101. The summed E-state index contributed by atoms with van der Waals surface area (Å²) in [7, 11) is 3.40. The average Bonchev–Trinajstić information content (AvgIpc) is 2.47. The number of aromatic nitrogens is 2. The minimum absolute atomic E-state index is 0.00493. The summed E-state index contributed by atoms with van der Waals surface area (Å²) in [5.74, 6) is 0.748. The molecule has 1 aromatic rings. The molecule has 1 rings (SSSR count). The number of carbonyl (C=O) groups excluding carboxylic acids is 1. The van der Waals surface area contributed by atoms with Crippen molar-refractivity contribution >= 4 is 11.6 Å². The van der Waals surface area contributed by atoms with Gasteiger partial charge in [0.1, 0.15) is 5.82 Å². The molecule has 1 atom stereocenters. The van der Waals surface area contributed by atoms with Crippen molar-refractivity contribution in [3.63, 3.8) is 0 Å². The highest BCUT2D eigenvalue weighted by atomic mass is 16.5. The van der Waals surface area contributed by atoms with Gasteiger partial charge in [-0.3, -0.25) is 4.79 Å². The van der Waals surface area contributed by atoms with Crippen LogP contribution < -0.4 is 5.32 Å². The van der Waals surface area contributed by atoms with Gasteiger partial charge in [-0.2, -0.15) is 0 Å². The van der Waals surface area contributed by atoms with Gasteiger partial charge in [-0.1, -0.05) is 13.8 Å². The Bertz CT molecular complexity index is 477. The minimum Gasteiger partial charge on any atom is -0.385 e. The molecule has 1 aromatic heterocycles. The first-order valence-electron chi connectivity index (χ1n) is 7.30. The molecule has 0 aliphatic rings. The van der Waals surface area contributed by atoms with Crippen LogP contribution >= 0.6 is 0 Å². The van der Waals surface area contributed by atoms with E-state index in [0.717, 1.165) is 0 Å². The van der Waals surface area contributed by atoms with E-state index in [9.17, 15) is 4.79 Å². The molecule has 6 heteroatoms. The van der Waals surface area contributed by atoms with Crippen LogP contribution in [0.5, 0.6) is 0 Å². The van der Waals surface area contributed by atoms with Crippen molar-refractivity contribution in [1.29, 1.82) is 0 Å². The maximum atomic E-state index is 12.8. The van der Waals surface area contributed by atoms with Crippen LogP contribution in [0.4, 0.5) is 5.69 Å². The Hall–Kier alpha value is -1.69. The van der Waals surface area contributed by atoms with Crippen molar-refractivity contribution in [1.82, 2.24) is 14.9 Å². The molecule has 0 fully saturated rings. The van der Waals surface area contributed by atoms with Gasteiger partial charge in [0, 0.05) is 26.6 Å². The second-order valence-electron chi connectivity index (χ2n) is 5.29. The molecular formula is C15H26N4O2. The number of nitrogens with one attached hydrogen (secondary N) is 1. The number of likely N-dealkylation sites (N-methyl/N-ethyl adjacent to an activating group) is 1. The van der Waals surface area contributed by atoms with Gasteiger partial charge in [0.15, 0.2) is 5.69 Å². The van der Waals surface area contributed by atoms with Crippen molar-refractivity contribution in [2.75, 3.05) is 32.6 Å². The molecule has 0 bridgehead atoms. The third-order valence-electron chi connectivity index (χ3n) is 3.34. The summed E-state index contributed by atoms with van der Waals surface area (Å²) in [6, 6.07) is -0.00493. The van der Waals surface area contributed by atoms with E-state index in [-0.39, 0.29) is 17.9 Å². The lowest BCUT2D eigenvalue weighted by molar-refractivity contribution is 0.0574. The molecule has 0 aliphatic carbocycles. The zero-order valence-corrected chi connectivity index (χ0v) is 13.8. The predicted octanol–water partition coefficient (Wildman–Crippen LogP) is 2.14. The monoisotopic (exact) mass is 294 g/mol. The van der Waals surface area contributed by atoms with Crippen LogP contribution in [0.25, 0.3) is 0 Å². The molecule has 1 heterocycles. The Kier molecular flexibility index (Phi) is 6.55. The van der Waals surface area contributed by atoms with Crippen LogP contribution in [0.1, 0.15) is 49.9 Å². The molecule has 0 spiro atoms. The number of hydrogen-bond acceptors (Lipinski definition) is 5. The molecule has 0 radical (unpaired) electrons. The Balaban J connectivity index is 3.16. The lowest BCUT2D eigenvalue weighted by Gasteiger charge is -2.28. The highest BCUT2D eigenvalue weighted by Crippen LogP contribution is 2.18. The third-order valence-corrected chi connectivity index (χ3v) is 3.34. The summed E-state index contributed by atoms with van der Waals surface area (Å²) in [6.45, 7) is 9.04. The summed E-state index contributed by atoms with van der Waals surface area (Å²) >= 11 is 0. The Morgan fingerprint density at radius 3 is 2.57 bits per heavy atom. The molecule has 0 aliphatic heterocycles. The van der Waals surface area contributed by atoms with Crippen molar-refractivity contribution in [2.24, 2.45) is 0 Å². The standard InChI is InChI=1S/C15H26N4O2/c1-7-19(11(4)9-21-6)15(20)13-12(16-5)8-17-14(18-13)10(2)3/h8,10-11,16H,7,9H2,1-6H3. The van der Waals surface area contributed by atoms with Crippen LogP contribution in [0, 0.1) is 0 Å². The molecule has 0 saturated heterocycles. The van der Waals surface area contributed by atoms with E-state index in [1.165, 1.54) is 0 Å². The number of rotatable bonds is 7. The number of ether oxygens (including phenoxy) is 1. The van der Waals surface area contributed by atoms with Gasteiger partial charge < -0.3 is 15.0 Å². The normalized spacial score (nSPS) is 12.3. The largest absolute Gasteiger partial charge is 0.385 e. The lowest BCUT2D eigenvalue weighted by atomic mass is 10.2. The topological polar surface area (TPSA) is 67.4 Å². The molecule has 0 aromatic carbocycles. The SMILES string of the molecule is CCN(C(=O)c1nc(C(C)C)ncc1NC)C(C)COC. The Morgan fingerprint density at radius 2 is 2.10 bits per heavy atom. The maximum Gasteiger partial charge on any atom is 0.275 e. The number of methoxy groups -OCH3 is 1. The molecule has 6 nitrogen and oxygen atoms in total. The highest BCUT2D eigenvalue weighted by Gasteiger charge is 2.24.